The molecule has 2 heteroatoms. The van der Waals surface area contributed by atoms with Crippen LogP contribution in [0.5, 0.6) is 0 Å². The summed E-state index contributed by atoms with van der Waals surface area (Å²) < 4.78 is 6.13. The van der Waals surface area contributed by atoms with Crippen LogP contribution in [0.15, 0.2) is 46.9 Å². The summed E-state index contributed by atoms with van der Waals surface area (Å²) in [6.07, 6.45) is 0. The van der Waals surface area contributed by atoms with Crippen LogP contribution in [0.3, 0.4) is 0 Å². The van der Waals surface area contributed by atoms with Crippen molar-refractivity contribution in [2.24, 2.45) is 0 Å². The molecule has 0 aliphatic carbocycles. The first-order chi connectivity index (χ1) is 10.2. The number of benzene rings is 2. The zero-order valence-corrected chi connectivity index (χ0v) is 12.9. The van der Waals surface area contributed by atoms with Gasteiger partial charge in [-0.1, -0.05) is 42.8 Å². The first-order valence-corrected chi connectivity index (χ1v) is 7.49. The number of fused-ring (bicyclic) bond motifs is 1. The maximum atomic E-state index is 6.13. The SMILES string of the molecule is CCNCc1ccc(C)cc1-c1cc2cccc(C)c2o1. The largest absolute Gasteiger partial charge is 0.456 e. The number of hydrogen-bond acceptors (Lipinski definition) is 2. The molecule has 3 aromatic rings. The Morgan fingerprint density at radius 3 is 2.67 bits per heavy atom. The van der Waals surface area contributed by atoms with Crippen molar-refractivity contribution in [2.45, 2.75) is 27.3 Å². The van der Waals surface area contributed by atoms with Gasteiger partial charge in [0.25, 0.3) is 0 Å². The lowest BCUT2D eigenvalue weighted by Crippen LogP contribution is -2.12. The average Bonchev–Trinajstić information content (AvgIpc) is 2.91. The van der Waals surface area contributed by atoms with Crippen LogP contribution in [0, 0.1) is 13.8 Å². The van der Waals surface area contributed by atoms with E-state index in [1.54, 1.807) is 0 Å². The second-order valence-corrected chi connectivity index (χ2v) is 5.54. The lowest BCUT2D eigenvalue weighted by atomic mass is 10.0. The molecule has 1 N–H and O–H groups in total. The molecule has 0 atom stereocenters. The van der Waals surface area contributed by atoms with Gasteiger partial charge in [-0.15, -0.1) is 0 Å². The monoisotopic (exact) mass is 279 g/mol. The lowest BCUT2D eigenvalue weighted by Gasteiger charge is -2.09. The molecule has 0 amide bonds. The minimum absolute atomic E-state index is 0.863. The van der Waals surface area contributed by atoms with E-state index >= 15 is 0 Å². The van der Waals surface area contributed by atoms with Crippen molar-refractivity contribution in [3.8, 4) is 11.3 Å². The summed E-state index contributed by atoms with van der Waals surface area (Å²) >= 11 is 0. The summed E-state index contributed by atoms with van der Waals surface area (Å²) in [6.45, 7) is 8.16. The fourth-order valence-corrected chi connectivity index (χ4v) is 2.68. The summed E-state index contributed by atoms with van der Waals surface area (Å²) in [5.41, 5.74) is 5.89. The fraction of sp³-hybridized carbons (Fsp3) is 0.263. The Morgan fingerprint density at radius 2 is 1.90 bits per heavy atom. The van der Waals surface area contributed by atoms with Crippen molar-refractivity contribution in [1.82, 2.24) is 5.32 Å². The Balaban J connectivity index is 2.12. The van der Waals surface area contributed by atoms with Crippen LogP contribution in [0.4, 0.5) is 0 Å². The number of nitrogens with one attached hydrogen (secondary N) is 1. The molecule has 108 valence electrons. The fourth-order valence-electron chi connectivity index (χ4n) is 2.68. The standard InChI is InChI=1S/C19H21NO/c1-4-20-12-16-9-8-13(2)10-17(16)18-11-15-7-5-6-14(3)19(15)21-18/h5-11,20H,4,12H2,1-3H3. The van der Waals surface area contributed by atoms with E-state index in [1.165, 1.54) is 27.6 Å². The summed E-state index contributed by atoms with van der Waals surface area (Å²) in [7, 11) is 0. The lowest BCUT2D eigenvalue weighted by molar-refractivity contribution is 0.626. The van der Waals surface area contributed by atoms with Crippen molar-refractivity contribution < 1.29 is 4.42 Å². The third-order valence-electron chi connectivity index (χ3n) is 3.84. The van der Waals surface area contributed by atoms with Crippen LogP contribution >= 0.6 is 0 Å². The average molecular weight is 279 g/mol. The van der Waals surface area contributed by atoms with Gasteiger partial charge in [0.1, 0.15) is 11.3 Å². The Bertz CT molecular complexity index is 770. The number of hydrogen-bond donors (Lipinski definition) is 1. The number of para-hydroxylation sites is 1. The molecule has 0 aliphatic heterocycles. The highest BCUT2D eigenvalue weighted by Gasteiger charge is 2.11. The van der Waals surface area contributed by atoms with Crippen LogP contribution < -0.4 is 5.32 Å². The molecule has 0 fully saturated rings. The van der Waals surface area contributed by atoms with Gasteiger partial charge >= 0.3 is 0 Å². The van der Waals surface area contributed by atoms with Crippen LogP contribution in [0.1, 0.15) is 23.6 Å². The molecule has 0 saturated carbocycles. The zero-order valence-electron chi connectivity index (χ0n) is 12.9. The van der Waals surface area contributed by atoms with E-state index in [-0.39, 0.29) is 0 Å². The van der Waals surface area contributed by atoms with E-state index in [9.17, 15) is 0 Å². The van der Waals surface area contributed by atoms with E-state index in [0.717, 1.165) is 24.4 Å². The Hall–Kier alpha value is -2.06. The Kier molecular flexibility index (Phi) is 3.80. The molecule has 0 radical (unpaired) electrons. The van der Waals surface area contributed by atoms with Crippen LogP contribution in [0.25, 0.3) is 22.3 Å². The van der Waals surface area contributed by atoms with Crippen molar-refractivity contribution in [3.63, 3.8) is 0 Å². The maximum absolute atomic E-state index is 6.13. The van der Waals surface area contributed by atoms with Crippen molar-refractivity contribution in [1.29, 1.82) is 0 Å². The molecular weight excluding hydrogens is 258 g/mol. The van der Waals surface area contributed by atoms with Gasteiger partial charge in [-0.25, -0.2) is 0 Å². The third kappa shape index (κ3) is 2.72. The van der Waals surface area contributed by atoms with Gasteiger partial charge in [0.2, 0.25) is 0 Å². The highest BCUT2D eigenvalue weighted by atomic mass is 16.3. The maximum Gasteiger partial charge on any atom is 0.137 e. The highest BCUT2D eigenvalue weighted by Crippen LogP contribution is 2.32. The molecule has 1 aromatic heterocycles. The summed E-state index contributed by atoms with van der Waals surface area (Å²) in [5, 5.41) is 4.57. The smallest absolute Gasteiger partial charge is 0.137 e. The molecule has 21 heavy (non-hydrogen) atoms. The van der Waals surface area contributed by atoms with E-state index in [4.69, 9.17) is 4.42 Å². The molecular formula is C19H21NO. The Morgan fingerprint density at radius 1 is 1.05 bits per heavy atom. The minimum Gasteiger partial charge on any atom is -0.456 e. The van der Waals surface area contributed by atoms with Crippen molar-refractivity contribution in [2.75, 3.05) is 6.54 Å². The van der Waals surface area contributed by atoms with E-state index in [1.807, 2.05) is 0 Å². The molecule has 0 aliphatic rings. The van der Waals surface area contributed by atoms with Crippen molar-refractivity contribution in [3.05, 3.63) is 59.2 Å². The van der Waals surface area contributed by atoms with E-state index < -0.39 is 0 Å². The van der Waals surface area contributed by atoms with Crippen LogP contribution in [-0.2, 0) is 6.54 Å². The number of rotatable bonds is 4. The Labute approximate surface area is 125 Å². The van der Waals surface area contributed by atoms with Gasteiger partial charge in [-0.2, -0.15) is 0 Å². The topological polar surface area (TPSA) is 25.2 Å². The number of aryl methyl sites for hydroxylation is 2. The quantitative estimate of drug-likeness (QED) is 0.740. The second-order valence-electron chi connectivity index (χ2n) is 5.54. The first kappa shape index (κ1) is 13.9. The number of furan rings is 1. The predicted octanol–water partition coefficient (Wildman–Crippen LogP) is 4.83. The molecule has 0 bridgehead atoms. The molecule has 0 spiro atoms. The highest BCUT2D eigenvalue weighted by molar-refractivity contribution is 5.85. The van der Waals surface area contributed by atoms with Crippen LogP contribution in [-0.4, -0.2) is 6.54 Å². The normalized spacial score (nSPS) is 11.2. The third-order valence-corrected chi connectivity index (χ3v) is 3.84. The molecule has 3 rings (SSSR count). The molecule has 1 heterocycles. The zero-order chi connectivity index (χ0) is 14.8. The molecule has 0 unspecified atom stereocenters. The molecule has 2 aromatic carbocycles. The van der Waals surface area contributed by atoms with E-state index in [2.05, 4.69) is 68.6 Å². The van der Waals surface area contributed by atoms with Gasteiger partial charge in [-0.05, 0) is 43.7 Å². The summed E-state index contributed by atoms with van der Waals surface area (Å²) in [5.74, 6) is 0.955. The van der Waals surface area contributed by atoms with Gasteiger partial charge in [-0.3, -0.25) is 0 Å². The first-order valence-electron chi connectivity index (χ1n) is 7.49. The molecule has 0 saturated heterocycles. The van der Waals surface area contributed by atoms with Gasteiger partial charge in [0.05, 0.1) is 0 Å². The second kappa shape index (κ2) is 5.74. The van der Waals surface area contributed by atoms with Crippen molar-refractivity contribution >= 4 is 11.0 Å². The van der Waals surface area contributed by atoms with E-state index in [0.29, 0.717) is 0 Å². The summed E-state index contributed by atoms with van der Waals surface area (Å²) in [4.78, 5) is 0. The molecule has 2 nitrogen and oxygen atoms in total. The van der Waals surface area contributed by atoms with Crippen LogP contribution in [0.2, 0.25) is 0 Å². The predicted molar refractivity (Wildman–Crippen MR) is 88.5 cm³/mol. The minimum atomic E-state index is 0.863. The van der Waals surface area contributed by atoms with Gasteiger partial charge in [0, 0.05) is 17.5 Å². The van der Waals surface area contributed by atoms with Gasteiger partial charge in [0.15, 0.2) is 0 Å². The van der Waals surface area contributed by atoms with Gasteiger partial charge < -0.3 is 9.73 Å². The summed E-state index contributed by atoms with van der Waals surface area (Å²) in [6, 6.07) is 15.0.